The molecular formula is C9H11NO2. The summed E-state index contributed by atoms with van der Waals surface area (Å²) < 4.78 is 0. The first-order valence-electron chi connectivity index (χ1n) is 3.43. The van der Waals surface area contributed by atoms with Crippen LogP contribution >= 0.6 is 0 Å². The van der Waals surface area contributed by atoms with Crippen LogP contribution in [0.1, 0.15) is 17.3 Å². The summed E-state index contributed by atoms with van der Waals surface area (Å²) in [5.74, 6) is -0.333. The van der Waals surface area contributed by atoms with Crippen LogP contribution in [0, 0.1) is 0 Å². The van der Waals surface area contributed by atoms with E-state index in [0.717, 1.165) is 11.8 Å². The molecule has 0 fully saturated rings. The van der Waals surface area contributed by atoms with Gasteiger partial charge in [0.15, 0.2) is 0 Å². The normalized spacial score (nSPS) is 7.75. The van der Waals surface area contributed by atoms with Crippen LogP contribution in [0.2, 0.25) is 0 Å². The lowest BCUT2D eigenvalue weighted by atomic mass is 10.2. The molecule has 1 aromatic rings. The summed E-state index contributed by atoms with van der Waals surface area (Å²) >= 11 is 0. The fourth-order valence-electron chi connectivity index (χ4n) is 0.532. The van der Waals surface area contributed by atoms with E-state index in [1.54, 1.807) is 12.1 Å². The molecule has 0 aliphatic heterocycles. The maximum atomic E-state index is 10.0. The number of amides is 1. The van der Waals surface area contributed by atoms with Crippen molar-refractivity contribution in [3.05, 3.63) is 35.9 Å². The Bertz CT molecular complexity index is 240. The van der Waals surface area contributed by atoms with Gasteiger partial charge in [-0.05, 0) is 0 Å². The molecule has 1 rings (SSSR count). The predicted octanol–water partition coefficient (Wildman–Crippen LogP) is 0.991. The van der Waals surface area contributed by atoms with Crippen molar-refractivity contribution in [2.75, 3.05) is 0 Å². The average molecular weight is 165 g/mol. The van der Waals surface area contributed by atoms with Gasteiger partial charge >= 0.3 is 0 Å². The van der Waals surface area contributed by atoms with Crippen LogP contribution in [0.5, 0.6) is 0 Å². The topological polar surface area (TPSA) is 60.2 Å². The van der Waals surface area contributed by atoms with Crippen molar-refractivity contribution >= 4 is 12.2 Å². The van der Waals surface area contributed by atoms with Gasteiger partial charge in [0.05, 0.1) is 0 Å². The minimum absolute atomic E-state index is 0.333. The molecule has 0 bridgehead atoms. The van der Waals surface area contributed by atoms with E-state index in [9.17, 15) is 9.59 Å². The molecule has 0 unspecified atom stereocenters. The Morgan fingerprint density at radius 2 is 1.75 bits per heavy atom. The Hall–Kier alpha value is -1.64. The summed E-state index contributed by atoms with van der Waals surface area (Å²) in [5, 5.41) is 0. The minimum Gasteiger partial charge on any atom is -0.370 e. The lowest BCUT2D eigenvalue weighted by Gasteiger charge is -1.81. The van der Waals surface area contributed by atoms with Gasteiger partial charge in [0.2, 0.25) is 5.91 Å². The van der Waals surface area contributed by atoms with Gasteiger partial charge in [0.1, 0.15) is 6.29 Å². The number of benzene rings is 1. The van der Waals surface area contributed by atoms with E-state index in [4.69, 9.17) is 0 Å². The van der Waals surface area contributed by atoms with Crippen molar-refractivity contribution in [1.82, 2.24) is 0 Å². The molecule has 1 aromatic carbocycles. The number of rotatable bonds is 1. The zero-order valence-electron chi connectivity index (χ0n) is 6.86. The summed E-state index contributed by atoms with van der Waals surface area (Å²) in [6, 6.07) is 9.10. The smallest absolute Gasteiger partial charge is 0.214 e. The van der Waals surface area contributed by atoms with Crippen molar-refractivity contribution in [1.29, 1.82) is 0 Å². The third-order valence-electron chi connectivity index (χ3n) is 0.936. The second-order valence-electron chi connectivity index (χ2n) is 2.14. The molecule has 64 valence electrons. The van der Waals surface area contributed by atoms with Gasteiger partial charge < -0.3 is 5.73 Å². The molecule has 0 spiro atoms. The maximum Gasteiger partial charge on any atom is 0.214 e. The Kier molecular flexibility index (Phi) is 5.26. The van der Waals surface area contributed by atoms with Crippen LogP contribution in [0.15, 0.2) is 30.3 Å². The molecule has 3 nitrogen and oxygen atoms in total. The van der Waals surface area contributed by atoms with Crippen molar-refractivity contribution in [3.8, 4) is 0 Å². The molecule has 0 aromatic heterocycles. The number of hydrogen-bond acceptors (Lipinski definition) is 2. The van der Waals surface area contributed by atoms with E-state index in [-0.39, 0.29) is 5.91 Å². The first-order chi connectivity index (χ1) is 5.66. The van der Waals surface area contributed by atoms with Crippen LogP contribution in [-0.2, 0) is 4.79 Å². The average Bonchev–Trinajstić information content (AvgIpc) is 2.05. The lowest BCUT2D eigenvalue weighted by Crippen LogP contribution is -2.01. The third kappa shape index (κ3) is 6.48. The van der Waals surface area contributed by atoms with E-state index in [1.165, 1.54) is 6.92 Å². The van der Waals surface area contributed by atoms with Gasteiger partial charge in [-0.2, -0.15) is 0 Å². The summed E-state index contributed by atoms with van der Waals surface area (Å²) in [5.41, 5.74) is 5.20. The quantitative estimate of drug-likeness (QED) is 0.631. The van der Waals surface area contributed by atoms with E-state index in [2.05, 4.69) is 5.73 Å². The molecule has 0 aliphatic carbocycles. The van der Waals surface area contributed by atoms with Gasteiger partial charge in [-0.25, -0.2) is 0 Å². The number of carbonyl (C=O) groups excluding carboxylic acids is 2. The number of nitrogens with two attached hydrogens (primary N) is 1. The Morgan fingerprint density at radius 1 is 1.33 bits per heavy atom. The van der Waals surface area contributed by atoms with Crippen LogP contribution in [-0.4, -0.2) is 12.2 Å². The minimum atomic E-state index is -0.333. The van der Waals surface area contributed by atoms with Crippen molar-refractivity contribution in [2.24, 2.45) is 5.73 Å². The monoisotopic (exact) mass is 165 g/mol. The molecule has 2 N–H and O–H groups in total. The highest BCUT2D eigenvalue weighted by atomic mass is 16.1. The third-order valence-corrected chi connectivity index (χ3v) is 0.936. The highest BCUT2D eigenvalue weighted by Gasteiger charge is 1.79. The second-order valence-corrected chi connectivity index (χ2v) is 2.14. The molecule has 3 heteroatoms. The fourth-order valence-corrected chi connectivity index (χ4v) is 0.532. The molecule has 0 aliphatic rings. The second kappa shape index (κ2) is 6.09. The number of primary amides is 1. The largest absolute Gasteiger partial charge is 0.370 e. The molecular weight excluding hydrogens is 154 g/mol. The summed E-state index contributed by atoms with van der Waals surface area (Å²) in [7, 11) is 0. The summed E-state index contributed by atoms with van der Waals surface area (Å²) in [6.45, 7) is 1.31. The van der Waals surface area contributed by atoms with Gasteiger partial charge in [-0.1, -0.05) is 30.3 Å². The zero-order valence-corrected chi connectivity index (χ0v) is 6.86. The molecule has 0 radical (unpaired) electrons. The Labute approximate surface area is 71.2 Å². The van der Waals surface area contributed by atoms with E-state index >= 15 is 0 Å². The molecule has 0 saturated carbocycles. The van der Waals surface area contributed by atoms with Gasteiger partial charge in [-0.3, -0.25) is 9.59 Å². The van der Waals surface area contributed by atoms with Crippen LogP contribution in [0.3, 0.4) is 0 Å². The Morgan fingerprint density at radius 3 is 2.00 bits per heavy atom. The van der Waals surface area contributed by atoms with Crippen LogP contribution in [0.25, 0.3) is 0 Å². The first-order valence-corrected chi connectivity index (χ1v) is 3.43. The number of aldehydes is 1. The first kappa shape index (κ1) is 10.4. The van der Waals surface area contributed by atoms with Crippen molar-refractivity contribution < 1.29 is 9.59 Å². The maximum absolute atomic E-state index is 10.0. The zero-order chi connectivity index (χ0) is 9.40. The predicted molar refractivity (Wildman–Crippen MR) is 46.7 cm³/mol. The van der Waals surface area contributed by atoms with Crippen molar-refractivity contribution in [2.45, 2.75) is 6.92 Å². The fraction of sp³-hybridized carbons (Fsp3) is 0.111. The summed E-state index contributed by atoms with van der Waals surface area (Å²) in [4.78, 5) is 19.2. The SMILES string of the molecule is CC(N)=O.O=Cc1ccccc1. The van der Waals surface area contributed by atoms with E-state index in [1.807, 2.05) is 18.2 Å². The summed E-state index contributed by atoms with van der Waals surface area (Å²) in [6.07, 6.45) is 0.833. The van der Waals surface area contributed by atoms with E-state index in [0.29, 0.717) is 0 Å². The van der Waals surface area contributed by atoms with Crippen molar-refractivity contribution in [3.63, 3.8) is 0 Å². The highest BCUT2D eigenvalue weighted by Crippen LogP contribution is 1.91. The van der Waals surface area contributed by atoms with Crippen LogP contribution in [0.4, 0.5) is 0 Å². The van der Waals surface area contributed by atoms with E-state index < -0.39 is 0 Å². The standard InChI is InChI=1S/C7H6O.C2H5NO/c8-6-7-4-2-1-3-5-7;1-2(3)4/h1-6H;1H3,(H2,3,4). The van der Waals surface area contributed by atoms with Gasteiger partial charge in [0, 0.05) is 12.5 Å². The van der Waals surface area contributed by atoms with Gasteiger partial charge in [-0.15, -0.1) is 0 Å². The Balaban J connectivity index is 0.000000261. The molecule has 0 atom stereocenters. The lowest BCUT2D eigenvalue weighted by molar-refractivity contribution is -0.115. The number of carbonyl (C=O) groups is 2. The van der Waals surface area contributed by atoms with Crippen LogP contribution < -0.4 is 5.73 Å². The molecule has 12 heavy (non-hydrogen) atoms. The molecule has 0 saturated heterocycles. The molecule has 0 heterocycles. The highest BCUT2D eigenvalue weighted by molar-refractivity contribution is 5.74. The van der Waals surface area contributed by atoms with Gasteiger partial charge in [0.25, 0.3) is 0 Å². The number of hydrogen-bond donors (Lipinski definition) is 1. The molecule has 1 amide bonds.